The molecule has 3 aromatic heterocycles. The summed E-state index contributed by atoms with van der Waals surface area (Å²) >= 11 is 1.62. The minimum Gasteiger partial charge on any atom is -0.253 e. The molecular weight excluding hydrogens is 395 g/mol. The summed E-state index contributed by atoms with van der Waals surface area (Å²) in [5.74, 6) is 0. The normalized spacial score (nSPS) is 12.0. The van der Waals surface area contributed by atoms with Crippen molar-refractivity contribution < 1.29 is 13.2 Å². The van der Waals surface area contributed by atoms with E-state index in [9.17, 15) is 13.2 Å². The Morgan fingerprint density at radius 2 is 1.66 bits per heavy atom. The first kappa shape index (κ1) is 17.8. The highest BCUT2D eigenvalue weighted by molar-refractivity contribution is 7.22. The Bertz CT molecular complexity index is 1310. The molecular formula is C22H12F3N3S. The van der Waals surface area contributed by atoms with E-state index in [1.165, 1.54) is 12.1 Å². The van der Waals surface area contributed by atoms with Gasteiger partial charge in [0.25, 0.3) is 0 Å². The number of thiophene rings is 1. The zero-order valence-electron chi connectivity index (χ0n) is 14.8. The van der Waals surface area contributed by atoms with Gasteiger partial charge >= 0.3 is 6.18 Å². The van der Waals surface area contributed by atoms with Crippen LogP contribution in [0.4, 0.5) is 13.2 Å². The highest BCUT2D eigenvalue weighted by Gasteiger charge is 2.30. The van der Waals surface area contributed by atoms with E-state index in [-0.39, 0.29) is 0 Å². The Hall–Kier alpha value is -3.32. The Morgan fingerprint density at radius 1 is 0.862 bits per heavy atom. The van der Waals surface area contributed by atoms with Crippen molar-refractivity contribution in [2.24, 2.45) is 0 Å². The fourth-order valence-electron chi connectivity index (χ4n) is 3.19. The number of alkyl halides is 3. The number of aromatic nitrogens is 3. The lowest BCUT2D eigenvalue weighted by Crippen LogP contribution is -2.04. The molecule has 5 aromatic rings. The Morgan fingerprint density at radius 3 is 2.41 bits per heavy atom. The maximum atomic E-state index is 12.8. The van der Waals surface area contributed by atoms with Crippen molar-refractivity contribution in [3.8, 4) is 21.8 Å². The summed E-state index contributed by atoms with van der Waals surface area (Å²) in [6, 6.07) is 16.8. The molecule has 142 valence electrons. The van der Waals surface area contributed by atoms with E-state index in [0.717, 1.165) is 27.1 Å². The second-order valence-corrected chi connectivity index (χ2v) is 7.59. The van der Waals surface area contributed by atoms with Crippen molar-refractivity contribution in [2.45, 2.75) is 6.18 Å². The lowest BCUT2D eigenvalue weighted by Gasteiger charge is -2.08. The molecule has 0 aliphatic rings. The second kappa shape index (κ2) is 6.63. The van der Waals surface area contributed by atoms with E-state index in [4.69, 9.17) is 0 Å². The van der Waals surface area contributed by atoms with Crippen molar-refractivity contribution >= 4 is 32.5 Å². The molecule has 0 saturated heterocycles. The van der Waals surface area contributed by atoms with Gasteiger partial charge < -0.3 is 0 Å². The standard InChI is InChI=1S/C22H12F3N3S/c23-22(24,25)15-7-5-13(6-8-15)17-12-27-16-9-10-26-21(20(16)28-17)19-11-14-3-1-2-4-18(14)29-19/h1-12H. The van der Waals surface area contributed by atoms with Crippen LogP contribution in [0.5, 0.6) is 0 Å². The van der Waals surface area contributed by atoms with Gasteiger partial charge in [0.15, 0.2) is 0 Å². The van der Waals surface area contributed by atoms with Crippen molar-refractivity contribution in [3.63, 3.8) is 0 Å². The van der Waals surface area contributed by atoms with Crippen LogP contribution in [0.25, 0.3) is 42.9 Å². The van der Waals surface area contributed by atoms with Gasteiger partial charge in [0, 0.05) is 16.5 Å². The van der Waals surface area contributed by atoms with Crippen LogP contribution in [-0.4, -0.2) is 15.0 Å². The van der Waals surface area contributed by atoms with Gasteiger partial charge in [0.2, 0.25) is 0 Å². The van der Waals surface area contributed by atoms with E-state index in [1.54, 1.807) is 29.8 Å². The number of hydrogen-bond donors (Lipinski definition) is 0. The van der Waals surface area contributed by atoms with E-state index < -0.39 is 11.7 Å². The van der Waals surface area contributed by atoms with Crippen LogP contribution in [0.3, 0.4) is 0 Å². The first-order valence-corrected chi connectivity index (χ1v) is 9.59. The molecule has 0 aliphatic carbocycles. The fraction of sp³-hybridized carbons (Fsp3) is 0.0455. The highest BCUT2D eigenvalue weighted by atomic mass is 32.1. The molecule has 5 rings (SSSR count). The van der Waals surface area contributed by atoms with Crippen molar-refractivity contribution in [1.29, 1.82) is 0 Å². The third-order valence-corrected chi connectivity index (χ3v) is 5.75. The number of rotatable bonds is 2. The largest absolute Gasteiger partial charge is 0.416 e. The molecule has 0 unspecified atom stereocenters. The van der Waals surface area contributed by atoms with Gasteiger partial charge in [0.05, 0.1) is 27.8 Å². The van der Waals surface area contributed by atoms with Gasteiger partial charge in [-0.05, 0) is 35.7 Å². The van der Waals surface area contributed by atoms with Gasteiger partial charge in [-0.1, -0.05) is 30.3 Å². The maximum absolute atomic E-state index is 12.8. The van der Waals surface area contributed by atoms with Crippen LogP contribution in [0.15, 0.2) is 73.1 Å². The maximum Gasteiger partial charge on any atom is 0.416 e. The lowest BCUT2D eigenvalue weighted by atomic mass is 10.1. The molecule has 0 aliphatic heterocycles. The molecule has 0 spiro atoms. The summed E-state index contributed by atoms with van der Waals surface area (Å²) in [5.41, 5.74) is 2.40. The molecule has 0 bridgehead atoms. The summed E-state index contributed by atoms with van der Waals surface area (Å²) in [7, 11) is 0. The smallest absolute Gasteiger partial charge is 0.253 e. The zero-order valence-corrected chi connectivity index (χ0v) is 15.6. The van der Waals surface area contributed by atoms with E-state index >= 15 is 0 Å². The molecule has 0 fully saturated rings. The number of fused-ring (bicyclic) bond motifs is 2. The summed E-state index contributed by atoms with van der Waals surface area (Å²) in [6.07, 6.45) is -1.11. The quantitative estimate of drug-likeness (QED) is 0.331. The Kier molecular flexibility index (Phi) is 4.06. The first-order chi connectivity index (χ1) is 14.0. The van der Waals surface area contributed by atoms with Crippen LogP contribution in [0, 0.1) is 0 Å². The van der Waals surface area contributed by atoms with Gasteiger partial charge in [-0.3, -0.25) is 9.97 Å². The number of benzene rings is 2. The summed E-state index contributed by atoms with van der Waals surface area (Å²) in [5, 5.41) is 1.12. The van der Waals surface area contributed by atoms with E-state index in [0.29, 0.717) is 28.0 Å². The van der Waals surface area contributed by atoms with Crippen molar-refractivity contribution in [2.75, 3.05) is 0 Å². The average molecular weight is 407 g/mol. The molecule has 0 radical (unpaired) electrons. The van der Waals surface area contributed by atoms with Crippen molar-refractivity contribution in [1.82, 2.24) is 15.0 Å². The third-order valence-electron chi connectivity index (χ3n) is 4.63. The molecule has 0 atom stereocenters. The number of halogens is 3. The Balaban J connectivity index is 1.64. The average Bonchev–Trinajstić information content (AvgIpc) is 3.16. The highest BCUT2D eigenvalue weighted by Crippen LogP contribution is 2.36. The predicted molar refractivity (Wildman–Crippen MR) is 109 cm³/mol. The van der Waals surface area contributed by atoms with E-state index in [1.807, 2.05) is 24.3 Å². The monoisotopic (exact) mass is 407 g/mol. The molecule has 3 heterocycles. The van der Waals surface area contributed by atoms with Gasteiger partial charge in [-0.2, -0.15) is 13.2 Å². The topological polar surface area (TPSA) is 38.7 Å². The summed E-state index contributed by atoms with van der Waals surface area (Å²) in [4.78, 5) is 14.6. The molecule has 3 nitrogen and oxygen atoms in total. The fourth-order valence-corrected chi connectivity index (χ4v) is 4.25. The lowest BCUT2D eigenvalue weighted by molar-refractivity contribution is -0.137. The molecule has 0 N–H and O–H groups in total. The second-order valence-electron chi connectivity index (χ2n) is 6.51. The first-order valence-electron chi connectivity index (χ1n) is 8.77. The SMILES string of the molecule is FC(F)(F)c1ccc(-c2cnc3ccnc(-c4cc5ccccc5s4)c3n2)cc1. The van der Waals surface area contributed by atoms with Crippen molar-refractivity contribution in [3.05, 3.63) is 78.6 Å². The van der Waals surface area contributed by atoms with Gasteiger partial charge in [-0.15, -0.1) is 11.3 Å². The molecule has 2 aromatic carbocycles. The number of hydrogen-bond acceptors (Lipinski definition) is 4. The minimum atomic E-state index is -4.37. The van der Waals surface area contributed by atoms with Gasteiger partial charge in [-0.25, -0.2) is 4.98 Å². The molecule has 29 heavy (non-hydrogen) atoms. The van der Waals surface area contributed by atoms with Crippen LogP contribution in [0.1, 0.15) is 5.56 Å². The van der Waals surface area contributed by atoms with E-state index in [2.05, 4.69) is 21.0 Å². The van der Waals surface area contributed by atoms with Crippen LogP contribution >= 0.6 is 11.3 Å². The van der Waals surface area contributed by atoms with Crippen LogP contribution < -0.4 is 0 Å². The van der Waals surface area contributed by atoms with Crippen LogP contribution in [0.2, 0.25) is 0 Å². The number of nitrogens with zero attached hydrogens (tertiary/aromatic N) is 3. The minimum absolute atomic E-state index is 0.501. The van der Waals surface area contributed by atoms with Gasteiger partial charge in [0.1, 0.15) is 11.2 Å². The molecule has 0 amide bonds. The number of pyridine rings is 1. The zero-order chi connectivity index (χ0) is 20.0. The molecule has 0 saturated carbocycles. The third kappa shape index (κ3) is 3.23. The summed E-state index contributed by atoms with van der Waals surface area (Å²) < 4.78 is 39.6. The molecule has 7 heteroatoms. The Labute approximate surface area is 167 Å². The predicted octanol–water partition coefficient (Wildman–Crippen LogP) is 6.59. The summed E-state index contributed by atoms with van der Waals surface area (Å²) in [6.45, 7) is 0. The van der Waals surface area contributed by atoms with Crippen LogP contribution in [-0.2, 0) is 6.18 Å².